The highest BCUT2D eigenvalue weighted by Crippen LogP contribution is 2.23. The summed E-state index contributed by atoms with van der Waals surface area (Å²) < 4.78 is 0. The predicted molar refractivity (Wildman–Crippen MR) is 76.4 cm³/mol. The molecular weight excluding hydrogens is 274 g/mol. The van der Waals surface area contributed by atoms with Gasteiger partial charge in [-0.15, -0.1) is 0 Å². The van der Waals surface area contributed by atoms with Crippen molar-refractivity contribution in [3.8, 4) is 0 Å². The smallest absolute Gasteiger partial charge is 0.136 e. The van der Waals surface area contributed by atoms with Crippen molar-refractivity contribution in [3.63, 3.8) is 0 Å². The minimum Gasteiger partial charge on any atom is -0.395 e. The van der Waals surface area contributed by atoms with Crippen LogP contribution in [-0.2, 0) is 6.42 Å². The Kier molecular flexibility index (Phi) is 5.69. The summed E-state index contributed by atoms with van der Waals surface area (Å²) in [5.74, 6) is 0. The number of nitrogens with zero attached hydrogens (tertiary/aromatic N) is 1. The third-order valence-corrected chi connectivity index (χ3v) is 4.08. The Morgan fingerprint density at radius 2 is 1.57 bits per heavy atom. The fraction of sp³-hybridized carbons (Fsp3) is 0.600. The number of aliphatic hydroxyl groups excluding tert-OH is 5. The van der Waals surface area contributed by atoms with Gasteiger partial charge in [-0.3, -0.25) is 4.90 Å². The van der Waals surface area contributed by atoms with Crippen LogP contribution in [0.15, 0.2) is 30.3 Å². The minimum atomic E-state index is -1.46. The molecule has 0 aromatic heterocycles. The Bertz CT molecular complexity index is 429. The average molecular weight is 297 g/mol. The average Bonchev–Trinajstić information content (AvgIpc) is 2.51. The van der Waals surface area contributed by atoms with Crippen LogP contribution in [-0.4, -0.2) is 74.2 Å². The van der Waals surface area contributed by atoms with Crippen molar-refractivity contribution < 1.29 is 25.5 Å². The summed E-state index contributed by atoms with van der Waals surface area (Å²) in [5.41, 5.74) is 1.16. The lowest BCUT2D eigenvalue weighted by Gasteiger charge is -2.46. The molecule has 21 heavy (non-hydrogen) atoms. The second-order valence-corrected chi connectivity index (χ2v) is 5.46. The molecule has 1 heterocycles. The highest BCUT2D eigenvalue weighted by molar-refractivity contribution is 5.14. The molecule has 0 saturated carbocycles. The Hall–Kier alpha value is -1.02. The van der Waals surface area contributed by atoms with Gasteiger partial charge in [0.15, 0.2) is 0 Å². The van der Waals surface area contributed by atoms with E-state index in [2.05, 4.69) is 0 Å². The van der Waals surface area contributed by atoms with Crippen LogP contribution in [0.1, 0.15) is 12.0 Å². The van der Waals surface area contributed by atoms with Crippen LogP contribution in [0.2, 0.25) is 0 Å². The van der Waals surface area contributed by atoms with Gasteiger partial charge in [0, 0.05) is 6.54 Å². The molecule has 1 unspecified atom stereocenters. The maximum absolute atomic E-state index is 10.0. The molecule has 0 radical (unpaired) electrons. The van der Waals surface area contributed by atoms with Gasteiger partial charge < -0.3 is 25.5 Å². The summed E-state index contributed by atoms with van der Waals surface area (Å²) in [6, 6.07) is 9.06. The topological polar surface area (TPSA) is 104 Å². The largest absolute Gasteiger partial charge is 0.395 e. The van der Waals surface area contributed by atoms with E-state index in [1.165, 1.54) is 4.90 Å². The molecule has 0 spiro atoms. The van der Waals surface area contributed by atoms with Gasteiger partial charge in [-0.1, -0.05) is 30.3 Å². The van der Waals surface area contributed by atoms with Crippen LogP contribution in [0.3, 0.4) is 0 Å². The first kappa shape index (κ1) is 16.4. The number of rotatable bonds is 5. The molecule has 5 N–H and O–H groups in total. The fourth-order valence-electron chi connectivity index (χ4n) is 2.82. The van der Waals surface area contributed by atoms with E-state index in [1.54, 1.807) is 0 Å². The first-order valence-electron chi connectivity index (χ1n) is 7.19. The standard InChI is InChI=1S/C15H23NO5/c17-9-11-12(18)13(19)14(20)15(21)16(11)8-4-7-10-5-2-1-3-6-10/h1-3,5-6,11-15,17-21H,4,7-9H2/t11-,12-,13+,14-,15?/m1/s1. The lowest BCUT2D eigenvalue weighted by molar-refractivity contribution is -0.222. The second-order valence-electron chi connectivity index (χ2n) is 5.46. The molecule has 1 aromatic rings. The van der Waals surface area contributed by atoms with E-state index in [1.807, 2.05) is 30.3 Å². The van der Waals surface area contributed by atoms with E-state index in [9.17, 15) is 25.5 Å². The molecule has 0 amide bonds. The zero-order chi connectivity index (χ0) is 15.4. The summed E-state index contributed by atoms with van der Waals surface area (Å²) in [5, 5.41) is 48.6. The molecule has 2 rings (SSSR count). The van der Waals surface area contributed by atoms with Gasteiger partial charge >= 0.3 is 0 Å². The van der Waals surface area contributed by atoms with Crippen molar-refractivity contribution in [1.29, 1.82) is 0 Å². The third kappa shape index (κ3) is 3.60. The molecule has 0 bridgehead atoms. The third-order valence-electron chi connectivity index (χ3n) is 4.08. The van der Waals surface area contributed by atoms with E-state index in [0.717, 1.165) is 12.0 Å². The molecule has 6 heteroatoms. The summed E-state index contributed by atoms with van der Waals surface area (Å²) in [6.45, 7) is 0.00940. The van der Waals surface area contributed by atoms with E-state index >= 15 is 0 Å². The van der Waals surface area contributed by atoms with Gasteiger partial charge in [0.05, 0.1) is 12.6 Å². The van der Waals surface area contributed by atoms with Gasteiger partial charge in [-0.05, 0) is 18.4 Å². The molecule has 0 aliphatic carbocycles. The number of likely N-dealkylation sites (tertiary alicyclic amines) is 1. The maximum atomic E-state index is 10.0. The lowest BCUT2D eigenvalue weighted by Crippen LogP contribution is -2.67. The summed E-state index contributed by atoms with van der Waals surface area (Å²) in [6.07, 6.45) is -3.99. The van der Waals surface area contributed by atoms with Crippen LogP contribution in [0.25, 0.3) is 0 Å². The van der Waals surface area contributed by atoms with Gasteiger partial charge in [-0.25, -0.2) is 0 Å². The molecule has 1 saturated heterocycles. The van der Waals surface area contributed by atoms with Crippen LogP contribution >= 0.6 is 0 Å². The molecule has 1 fully saturated rings. The Balaban J connectivity index is 1.96. The molecule has 1 aliphatic rings. The van der Waals surface area contributed by atoms with Crippen molar-refractivity contribution in [2.24, 2.45) is 0 Å². The van der Waals surface area contributed by atoms with E-state index in [-0.39, 0.29) is 0 Å². The first-order chi connectivity index (χ1) is 10.1. The monoisotopic (exact) mass is 297 g/mol. The summed E-state index contributed by atoms with van der Waals surface area (Å²) in [4.78, 5) is 1.45. The number of aliphatic hydroxyl groups is 5. The summed E-state index contributed by atoms with van der Waals surface area (Å²) >= 11 is 0. The van der Waals surface area contributed by atoms with Crippen molar-refractivity contribution in [2.75, 3.05) is 13.2 Å². The van der Waals surface area contributed by atoms with Gasteiger partial charge in [0.25, 0.3) is 0 Å². The Morgan fingerprint density at radius 3 is 2.19 bits per heavy atom. The summed E-state index contributed by atoms with van der Waals surface area (Å²) in [7, 11) is 0. The zero-order valence-corrected chi connectivity index (χ0v) is 11.8. The molecule has 6 nitrogen and oxygen atoms in total. The molecule has 1 aromatic carbocycles. The lowest BCUT2D eigenvalue weighted by atomic mass is 9.92. The minimum absolute atomic E-state index is 0.395. The van der Waals surface area contributed by atoms with E-state index < -0.39 is 37.2 Å². The van der Waals surface area contributed by atoms with Gasteiger partial charge in [0.1, 0.15) is 24.5 Å². The Labute approximate surface area is 123 Å². The molecular formula is C15H23NO5. The van der Waals surface area contributed by atoms with Crippen molar-refractivity contribution in [2.45, 2.75) is 43.4 Å². The number of hydrogen-bond donors (Lipinski definition) is 5. The molecule has 1 aliphatic heterocycles. The maximum Gasteiger partial charge on any atom is 0.136 e. The van der Waals surface area contributed by atoms with Gasteiger partial charge in [0.2, 0.25) is 0 Å². The van der Waals surface area contributed by atoms with Crippen LogP contribution < -0.4 is 0 Å². The first-order valence-corrected chi connectivity index (χ1v) is 7.19. The highest BCUT2D eigenvalue weighted by atomic mass is 16.4. The van der Waals surface area contributed by atoms with Crippen molar-refractivity contribution >= 4 is 0 Å². The van der Waals surface area contributed by atoms with Crippen molar-refractivity contribution in [1.82, 2.24) is 4.90 Å². The second kappa shape index (κ2) is 7.31. The highest BCUT2D eigenvalue weighted by Gasteiger charge is 2.46. The fourth-order valence-corrected chi connectivity index (χ4v) is 2.82. The molecule has 118 valence electrons. The number of hydrogen-bond acceptors (Lipinski definition) is 6. The van der Waals surface area contributed by atoms with E-state index in [4.69, 9.17) is 0 Å². The van der Waals surface area contributed by atoms with E-state index in [0.29, 0.717) is 13.0 Å². The van der Waals surface area contributed by atoms with Crippen LogP contribution in [0.4, 0.5) is 0 Å². The van der Waals surface area contributed by atoms with Crippen LogP contribution in [0.5, 0.6) is 0 Å². The number of piperidine rings is 1. The molecule has 5 atom stereocenters. The Morgan fingerprint density at radius 1 is 0.905 bits per heavy atom. The van der Waals surface area contributed by atoms with Crippen LogP contribution in [0, 0.1) is 0 Å². The predicted octanol–water partition coefficient (Wildman–Crippen LogP) is -1.30. The number of aryl methyl sites for hydroxylation is 1. The zero-order valence-electron chi connectivity index (χ0n) is 11.8. The van der Waals surface area contributed by atoms with Crippen molar-refractivity contribution in [3.05, 3.63) is 35.9 Å². The quantitative estimate of drug-likeness (QED) is 0.463. The normalized spacial score (nSPS) is 34.0. The number of benzene rings is 1. The van der Waals surface area contributed by atoms with Gasteiger partial charge in [-0.2, -0.15) is 0 Å². The SMILES string of the molecule is OC[C@@H]1[C@@H](O)[C@H](O)[C@@H](O)C(O)N1CCCc1ccccc1.